The number of hydrogen-bond acceptors (Lipinski definition) is 5. The van der Waals surface area contributed by atoms with Crippen molar-refractivity contribution in [1.29, 1.82) is 0 Å². The Bertz CT molecular complexity index is 807. The Balaban J connectivity index is 1.59. The van der Waals surface area contributed by atoms with Gasteiger partial charge < -0.3 is 14.2 Å². The first-order valence-electron chi connectivity index (χ1n) is 9.32. The van der Waals surface area contributed by atoms with E-state index >= 15 is 0 Å². The molecule has 0 amide bonds. The molecule has 0 aromatic carbocycles. The molecule has 4 rings (SSSR count). The van der Waals surface area contributed by atoms with Gasteiger partial charge in [-0.15, -0.1) is 0 Å². The van der Waals surface area contributed by atoms with Crippen molar-refractivity contribution in [2.45, 2.75) is 51.0 Å². The molecule has 7 nitrogen and oxygen atoms in total. The predicted molar refractivity (Wildman–Crippen MR) is 97.6 cm³/mol. The Kier molecular flexibility index (Phi) is 5.59. The molecule has 1 unspecified atom stereocenters. The summed E-state index contributed by atoms with van der Waals surface area (Å²) in [5.41, 5.74) is 1.37. The van der Waals surface area contributed by atoms with Crippen molar-refractivity contribution < 1.29 is 14.2 Å². The molecule has 4 heterocycles. The van der Waals surface area contributed by atoms with Crippen LogP contribution in [0.1, 0.15) is 38.1 Å². The number of imidazole rings is 1. The van der Waals surface area contributed by atoms with Gasteiger partial charge in [0.2, 0.25) is 0 Å². The molecule has 0 aliphatic carbocycles. The van der Waals surface area contributed by atoms with Gasteiger partial charge in [-0.2, -0.15) is 0 Å². The molecule has 2 saturated heterocycles. The molecule has 0 radical (unpaired) electrons. The zero-order valence-corrected chi connectivity index (χ0v) is 15.5. The van der Waals surface area contributed by atoms with Crippen LogP contribution in [0.4, 0.5) is 0 Å². The minimum Gasteiger partial charge on any atom is -0.381 e. The van der Waals surface area contributed by atoms with E-state index in [-0.39, 0.29) is 18.0 Å². The second kappa shape index (κ2) is 8.08. The van der Waals surface area contributed by atoms with Crippen molar-refractivity contribution in [3.05, 3.63) is 27.8 Å². The molecule has 0 bridgehead atoms. The monoisotopic (exact) mass is 381 g/mol. The molecule has 26 heavy (non-hydrogen) atoms. The Morgan fingerprint density at radius 2 is 2.04 bits per heavy atom. The average Bonchev–Trinajstić information content (AvgIpc) is 2.94. The Morgan fingerprint density at radius 3 is 2.81 bits per heavy atom. The van der Waals surface area contributed by atoms with E-state index < -0.39 is 0 Å². The van der Waals surface area contributed by atoms with E-state index in [2.05, 4.69) is 4.98 Å². The van der Waals surface area contributed by atoms with Crippen molar-refractivity contribution in [3.8, 4) is 0 Å². The fourth-order valence-corrected chi connectivity index (χ4v) is 3.88. The van der Waals surface area contributed by atoms with E-state index in [0.29, 0.717) is 37.2 Å². The molecule has 0 N–H and O–H groups in total. The van der Waals surface area contributed by atoms with Crippen LogP contribution in [0.5, 0.6) is 0 Å². The number of ether oxygens (including phenoxy) is 3. The number of rotatable bonds is 5. The van der Waals surface area contributed by atoms with Gasteiger partial charge in [-0.3, -0.25) is 9.13 Å². The zero-order valence-electron chi connectivity index (χ0n) is 14.7. The predicted octanol–water partition coefficient (Wildman–Crippen LogP) is 2.75. The summed E-state index contributed by atoms with van der Waals surface area (Å²) in [6.45, 7) is 2.96. The van der Waals surface area contributed by atoms with Crippen LogP contribution in [-0.2, 0) is 20.8 Å². The van der Waals surface area contributed by atoms with Crippen LogP contribution in [0.25, 0.3) is 11.2 Å². The lowest BCUT2D eigenvalue weighted by atomic mass is 10.1. The summed E-state index contributed by atoms with van der Waals surface area (Å²) in [4.78, 5) is 17.5. The zero-order chi connectivity index (χ0) is 17.9. The Morgan fingerprint density at radius 1 is 1.19 bits per heavy atom. The highest BCUT2D eigenvalue weighted by Crippen LogP contribution is 2.25. The number of fused-ring (bicyclic) bond motifs is 1. The van der Waals surface area contributed by atoms with Crippen molar-refractivity contribution in [2.75, 3.05) is 26.4 Å². The van der Waals surface area contributed by atoms with E-state index in [1.807, 2.05) is 6.07 Å². The molecule has 2 aromatic rings. The van der Waals surface area contributed by atoms with Crippen LogP contribution in [0, 0.1) is 0 Å². The summed E-state index contributed by atoms with van der Waals surface area (Å²) >= 11 is 6.10. The van der Waals surface area contributed by atoms with Gasteiger partial charge in [-0.1, -0.05) is 11.6 Å². The molecular formula is C18H24ClN3O4. The molecule has 8 heteroatoms. The van der Waals surface area contributed by atoms with Crippen LogP contribution in [0.2, 0.25) is 5.15 Å². The minimum atomic E-state index is -0.157. The highest BCUT2D eigenvalue weighted by molar-refractivity contribution is 6.29. The number of aromatic nitrogens is 3. The molecule has 2 aliphatic rings. The lowest BCUT2D eigenvalue weighted by Gasteiger charge is -2.23. The maximum atomic E-state index is 13.1. The Hall–Kier alpha value is -1.41. The van der Waals surface area contributed by atoms with Crippen LogP contribution >= 0.6 is 11.6 Å². The topological polar surface area (TPSA) is 67.5 Å². The van der Waals surface area contributed by atoms with Crippen LogP contribution in [0.3, 0.4) is 0 Å². The largest absolute Gasteiger partial charge is 0.381 e. The second-order valence-corrected chi connectivity index (χ2v) is 7.18. The molecule has 2 fully saturated rings. The number of nitrogens with zero attached hydrogens (tertiary/aromatic N) is 3. The number of pyridine rings is 1. The van der Waals surface area contributed by atoms with E-state index in [4.69, 9.17) is 25.8 Å². The highest BCUT2D eigenvalue weighted by atomic mass is 35.5. The number of halogens is 1. The molecular weight excluding hydrogens is 358 g/mol. The summed E-state index contributed by atoms with van der Waals surface area (Å²) in [5.74, 6) is 0. The summed E-state index contributed by atoms with van der Waals surface area (Å²) in [6.07, 6.45) is 4.58. The maximum absolute atomic E-state index is 13.1. The van der Waals surface area contributed by atoms with Crippen LogP contribution in [0.15, 0.2) is 16.9 Å². The maximum Gasteiger partial charge on any atom is 0.330 e. The average molecular weight is 382 g/mol. The summed E-state index contributed by atoms with van der Waals surface area (Å²) in [6, 6.07) is 3.67. The van der Waals surface area contributed by atoms with Gasteiger partial charge in [0.05, 0.1) is 18.7 Å². The molecule has 0 spiro atoms. The first-order valence-corrected chi connectivity index (χ1v) is 9.70. The summed E-state index contributed by atoms with van der Waals surface area (Å²) in [5, 5.41) is 0.391. The van der Waals surface area contributed by atoms with E-state index in [9.17, 15) is 4.79 Å². The molecule has 2 aliphatic heterocycles. The standard InChI is InChI=1S/C18H24ClN3O4/c19-15-5-4-14-17(20-15)22(13-6-10-24-11-7-13)18(23)21(14)8-12-26-16-3-1-2-9-25-16/h4-5,13,16H,1-3,6-12H2. The van der Waals surface area contributed by atoms with Gasteiger partial charge in [0.25, 0.3) is 0 Å². The molecule has 0 saturated carbocycles. The van der Waals surface area contributed by atoms with E-state index in [1.165, 1.54) is 0 Å². The van der Waals surface area contributed by atoms with Gasteiger partial charge in [0, 0.05) is 25.9 Å². The lowest BCUT2D eigenvalue weighted by molar-refractivity contribution is -0.163. The van der Waals surface area contributed by atoms with E-state index in [0.717, 1.165) is 44.2 Å². The third-order valence-corrected chi connectivity index (χ3v) is 5.30. The fraction of sp³-hybridized carbons (Fsp3) is 0.667. The molecule has 142 valence electrons. The summed E-state index contributed by atoms with van der Waals surface area (Å²) in [7, 11) is 0. The second-order valence-electron chi connectivity index (χ2n) is 6.79. The quantitative estimate of drug-likeness (QED) is 0.745. The first-order chi connectivity index (χ1) is 12.7. The van der Waals surface area contributed by atoms with E-state index in [1.54, 1.807) is 15.2 Å². The van der Waals surface area contributed by atoms with Gasteiger partial charge in [0.15, 0.2) is 11.9 Å². The van der Waals surface area contributed by atoms with Gasteiger partial charge in [-0.25, -0.2) is 9.78 Å². The smallest absolute Gasteiger partial charge is 0.330 e. The van der Waals surface area contributed by atoms with Gasteiger partial charge in [0.1, 0.15) is 5.15 Å². The third kappa shape index (κ3) is 3.67. The van der Waals surface area contributed by atoms with Gasteiger partial charge in [-0.05, 0) is 44.2 Å². The molecule has 1 atom stereocenters. The normalized spacial score (nSPS) is 22.1. The van der Waals surface area contributed by atoms with Crippen LogP contribution in [-0.4, -0.2) is 46.8 Å². The van der Waals surface area contributed by atoms with Gasteiger partial charge >= 0.3 is 5.69 Å². The molecule has 2 aromatic heterocycles. The van der Waals surface area contributed by atoms with Crippen molar-refractivity contribution in [3.63, 3.8) is 0 Å². The number of hydrogen-bond donors (Lipinski definition) is 0. The van der Waals surface area contributed by atoms with Crippen LogP contribution < -0.4 is 5.69 Å². The summed E-state index contributed by atoms with van der Waals surface area (Å²) < 4.78 is 20.3. The van der Waals surface area contributed by atoms with Crippen molar-refractivity contribution in [1.82, 2.24) is 14.1 Å². The van der Waals surface area contributed by atoms with Crippen molar-refractivity contribution >= 4 is 22.8 Å². The highest BCUT2D eigenvalue weighted by Gasteiger charge is 2.24. The lowest BCUT2D eigenvalue weighted by Crippen LogP contribution is -2.32. The minimum absolute atomic E-state index is 0.0603. The van der Waals surface area contributed by atoms with Crippen molar-refractivity contribution in [2.24, 2.45) is 0 Å². The Labute approximate surface area is 156 Å². The SMILES string of the molecule is O=c1n(CCOC2CCCCO2)c2ccc(Cl)nc2n1C1CCOCC1. The first kappa shape index (κ1) is 18.0. The fourth-order valence-electron chi connectivity index (χ4n) is 3.74. The third-order valence-electron chi connectivity index (χ3n) is 5.09.